The maximum Gasteiger partial charge on any atom is 0.271 e. The molecule has 0 spiro atoms. The molecule has 0 aliphatic rings. The van der Waals surface area contributed by atoms with Crippen molar-refractivity contribution in [3.8, 4) is 21.8 Å². The summed E-state index contributed by atoms with van der Waals surface area (Å²) in [5.74, 6) is -0.236. The summed E-state index contributed by atoms with van der Waals surface area (Å²) in [7, 11) is 0. The van der Waals surface area contributed by atoms with E-state index in [-0.39, 0.29) is 5.91 Å². The van der Waals surface area contributed by atoms with Gasteiger partial charge in [-0.2, -0.15) is 0 Å². The maximum absolute atomic E-state index is 12.0. The number of aromatic nitrogens is 3. The molecule has 0 aliphatic carbocycles. The maximum atomic E-state index is 12.0. The lowest BCUT2D eigenvalue weighted by molar-refractivity contribution is 0.0945. The van der Waals surface area contributed by atoms with Gasteiger partial charge < -0.3 is 5.32 Å². The summed E-state index contributed by atoms with van der Waals surface area (Å²) < 4.78 is 0. The molecule has 1 N–H and O–H groups in total. The van der Waals surface area contributed by atoms with Crippen molar-refractivity contribution in [1.82, 2.24) is 20.3 Å². The Morgan fingerprint density at radius 3 is 2.46 bits per heavy atom. The summed E-state index contributed by atoms with van der Waals surface area (Å²) in [5.41, 5.74) is 5.73. The Bertz CT molecular complexity index is 1070. The molecule has 2 heterocycles. The molecule has 0 fully saturated rings. The normalized spacial score (nSPS) is 10.6. The molecule has 4 aromatic rings. The van der Waals surface area contributed by atoms with Crippen molar-refractivity contribution < 1.29 is 4.79 Å². The van der Waals surface area contributed by atoms with Crippen molar-refractivity contribution in [2.24, 2.45) is 0 Å². The molecule has 6 heteroatoms. The van der Waals surface area contributed by atoms with Crippen LogP contribution in [0.2, 0.25) is 0 Å². The Morgan fingerprint density at radius 1 is 1.00 bits per heavy atom. The highest BCUT2D eigenvalue weighted by Crippen LogP contribution is 2.29. The first-order chi connectivity index (χ1) is 13.7. The summed E-state index contributed by atoms with van der Waals surface area (Å²) in [6, 6.07) is 16.4. The van der Waals surface area contributed by atoms with Gasteiger partial charge in [-0.15, -0.1) is 11.3 Å². The molecular weight excluding hydrogens is 368 g/mol. The number of amides is 1. The average Bonchev–Trinajstić information content (AvgIpc) is 3.24. The van der Waals surface area contributed by atoms with Crippen molar-refractivity contribution in [2.45, 2.75) is 13.5 Å². The Hall–Kier alpha value is -3.38. The van der Waals surface area contributed by atoms with E-state index in [0.29, 0.717) is 12.2 Å². The van der Waals surface area contributed by atoms with Gasteiger partial charge in [-0.25, -0.2) is 9.97 Å². The van der Waals surface area contributed by atoms with E-state index >= 15 is 0 Å². The average molecular weight is 386 g/mol. The summed E-state index contributed by atoms with van der Waals surface area (Å²) in [6.45, 7) is 2.51. The molecular formula is C22H18N4OS. The van der Waals surface area contributed by atoms with Crippen molar-refractivity contribution in [3.63, 3.8) is 0 Å². The SMILES string of the molecule is Cc1ccc(-c2csc(-c3ccc(CNC(=O)c4cnccn4)cc3)n2)cc1. The van der Waals surface area contributed by atoms with Crippen molar-refractivity contribution >= 4 is 17.2 Å². The lowest BCUT2D eigenvalue weighted by Gasteiger charge is -2.05. The molecule has 138 valence electrons. The predicted octanol–water partition coefficient (Wildman–Crippen LogP) is 4.51. The van der Waals surface area contributed by atoms with Gasteiger partial charge in [0.25, 0.3) is 5.91 Å². The highest BCUT2D eigenvalue weighted by molar-refractivity contribution is 7.13. The van der Waals surface area contributed by atoms with Gasteiger partial charge in [0.1, 0.15) is 10.7 Å². The third-order valence-corrected chi connectivity index (χ3v) is 5.19. The number of hydrogen-bond acceptors (Lipinski definition) is 5. The molecule has 0 saturated heterocycles. The number of rotatable bonds is 5. The number of carbonyl (C=O) groups excluding carboxylic acids is 1. The van der Waals surface area contributed by atoms with Gasteiger partial charge >= 0.3 is 0 Å². The van der Waals surface area contributed by atoms with E-state index in [0.717, 1.165) is 27.4 Å². The van der Waals surface area contributed by atoms with Crippen LogP contribution in [0, 0.1) is 6.92 Å². The molecule has 0 radical (unpaired) electrons. The van der Waals surface area contributed by atoms with Crippen LogP contribution in [0.25, 0.3) is 21.8 Å². The lowest BCUT2D eigenvalue weighted by atomic mass is 10.1. The minimum Gasteiger partial charge on any atom is -0.347 e. The van der Waals surface area contributed by atoms with E-state index in [2.05, 4.69) is 51.9 Å². The molecule has 0 atom stereocenters. The number of thiazole rings is 1. The third kappa shape index (κ3) is 4.13. The van der Waals surface area contributed by atoms with Gasteiger partial charge in [-0.05, 0) is 12.5 Å². The third-order valence-electron chi connectivity index (χ3n) is 4.30. The smallest absolute Gasteiger partial charge is 0.271 e. The van der Waals surface area contributed by atoms with Crippen LogP contribution in [-0.2, 0) is 6.54 Å². The number of nitrogens with zero attached hydrogens (tertiary/aromatic N) is 3. The van der Waals surface area contributed by atoms with Gasteiger partial charge in [-0.3, -0.25) is 9.78 Å². The number of benzene rings is 2. The minimum atomic E-state index is -0.236. The van der Waals surface area contributed by atoms with E-state index in [1.165, 1.54) is 18.0 Å². The molecule has 2 aromatic heterocycles. The Balaban J connectivity index is 1.42. The number of nitrogens with one attached hydrogen (secondary N) is 1. The van der Waals surface area contributed by atoms with E-state index < -0.39 is 0 Å². The topological polar surface area (TPSA) is 67.8 Å². The van der Waals surface area contributed by atoms with Crippen LogP contribution >= 0.6 is 11.3 Å². The highest BCUT2D eigenvalue weighted by Gasteiger charge is 2.08. The van der Waals surface area contributed by atoms with Crippen LogP contribution in [0.15, 0.2) is 72.5 Å². The molecule has 4 rings (SSSR count). The summed E-state index contributed by atoms with van der Waals surface area (Å²) >= 11 is 1.63. The second kappa shape index (κ2) is 8.10. The fourth-order valence-corrected chi connectivity index (χ4v) is 3.55. The van der Waals surface area contributed by atoms with Gasteiger partial charge in [0, 0.05) is 35.4 Å². The van der Waals surface area contributed by atoms with E-state index in [1.807, 2.05) is 24.3 Å². The zero-order valence-electron chi connectivity index (χ0n) is 15.3. The Morgan fingerprint density at radius 2 is 1.75 bits per heavy atom. The van der Waals surface area contributed by atoms with Crippen LogP contribution in [0.5, 0.6) is 0 Å². The van der Waals surface area contributed by atoms with Gasteiger partial charge in [0.05, 0.1) is 11.9 Å². The second-order valence-electron chi connectivity index (χ2n) is 6.37. The first-order valence-corrected chi connectivity index (χ1v) is 9.73. The van der Waals surface area contributed by atoms with Crippen molar-refractivity contribution in [1.29, 1.82) is 0 Å². The Kier molecular flexibility index (Phi) is 5.21. The van der Waals surface area contributed by atoms with E-state index in [1.54, 1.807) is 17.5 Å². The van der Waals surface area contributed by atoms with Crippen LogP contribution < -0.4 is 5.32 Å². The van der Waals surface area contributed by atoms with Crippen molar-refractivity contribution in [2.75, 3.05) is 0 Å². The van der Waals surface area contributed by atoms with Crippen LogP contribution in [-0.4, -0.2) is 20.9 Å². The molecule has 28 heavy (non-hydrogen) atoms. The molecule has 2 aromatic carbocycles. The molecule has 0 aliphatic heterocycles. The Labute approximate surface area is 167 Å². The van der Waals surface area contributed by atoms with Gasteiger partial charge in [0.15, 0.2) is 0 Å². The van der Waals surface area contributed by atoms with E-state index in [4.69, 9.17) is 4.98 Å². The molecule has 0 bridgehead atoms. The van der Waals surface area contributed by atoms with Crippen LogP contribution in [0.1, 0.15) is 21.6 Å². The van der Waals surface area contributed by atoms with Crippen LogP contribution in [0.3, 0.4) is 0 Å². The number of hydrogen-bond donors (Lipinski definition) is 1. The molecule has 5 nitrogen and oxygen atoms in total. The van der Waals surface area contributed by atoms with Crippen molar-refractivity contribution in [3.05, 3.63) is 89.3 Å². The summed E-state index contributed by atoms with van der Waals surface area (Å²) in [5, 5.41) is 5.91. The monoisotopic (exact) mass is 386 g/mol. The molecule has 0 saturated carbocycles. The number of aryl methyl sites for hydroxylation is 1. The fourth-order valence-electron chi connectivity index (χ4n) is 2.72. The lowest BCUT2D eigenvalue weighted by Crippen LogP contribution is -2.23. The summed E-state index contributed by atoms with van der Waals surface area (Å²) in [4.78, 5) is 24.7. The zero-order chi connectivity index (χ0) is 19.3. The molecule has 1 amide bonds. The first kappa shape index (κ1) is 18.0. The van der Waals surface area contributed by atoms with Crippen LogP contribution in [0.4, 0.5) is 0 Å². The predicted molar refractivity (Wildman–Crippen MR) is 111 cm³/mol. The fraction of sp³-hybridized carbons (Fsp3) is 0.0909. The minimum absolute atomic E-state index is 0.236. The molecule has 0 unspecified atom stereocenters. The highest BCUT2D eigenvalue weighted by atomic mass is 32.1. The van der Waals surface area contributed by atoms with Gasteiger partial charge in [0.2, 0.25) is 0 Å². The summed E-state index contributed by atoms with van der Waals surface area (Å²) in [6.07, 6.45) is 4.49. The number of carbonyl (C=O) groups is 1. The second-order valence-corrected chi connectivity index (χ2v) is 7.23. The van der Waals surface area contributed by atoms with E-state index in [9.17, 15) is 4.79 Å². The quantitative estimate of drug-likeness (QED) is 0.548. The largest absolute Gasteiger partial charge is 0.347 e. The first-order valence-electron chi connectivity index (χ1n) is 8.85. The van der Waals surface area contributed by atoms with Gasteiger partial charge in [-0.1, -0.05) is 54.1 Å². The standard InChI is InChI=1S/C22H18N4OS/c1-15-2-6-17(7-3-15)20-14-28-22(26-20)18-8-4-16(5-9-18)12-25-21(27)19-13-23-10-11-24-19/h2-11,13-14H,12H2,1H3,(H,25,27). The zero-order valence-corrected chi connectivity index (χ0v) is 16.1.